The fourth-order valence-corrected chi connectivity index (χ4v) is 2.70. The second-order valence-corrected chi connectivity index (χ2v) is 6.06. The van der Waals surface area contributed by atoms with Crippen molar-refractivity contribution in [2.45, 2.75) is 6.92 Å². The van der Waals surface area contributed by atoms with E-state index in [0.29, 0.717) is 0 Å². The number of pyridine rings is 1. The molecule has 0 saturated carbocycles. The molecule has 1 aliphatic heterocycles. The Bertz CT molecular complexity index is 896. The Morgan fingerprint density at radius 3 is 2.54 bits per heavy atom. The number of aromatic nitrogens is 1. The maximum Gasteiger partial charge on any atom is 0.270 e. The molecule has 26 heavy (non-hydrogen) atoms. The molecule has 1 saturated heterocycles. The minimum atomic E-state index is -0.395. The summed E-state index contributed by atoms with van der Waals surface area (Å²) in [5.74, 6) is 0. The van der Waals surface area contributed by atoms with E-state index in [-0.39, 0.29) is 5.69 Å². The number of aryl methyl sites for hydroxylation is 1. The first kappa shape index (κ1) is 18.0. The summed E-state index contributed by atoms with van der Waals surface area (Å²) in [5, 5.41) is 15.0. The third-order valence-electron chi connectivity index (χ3n) is 4.04. The fraction of sp³-hybridized carbons (Fsp3) is 0.250. The average molecular weight is 351 g/mol. The monoisotopic (exact) mass is 351 g/mol. The van der Waals surface area contributed by atoms with Crippen LogP contribution >= 0.6 is 0 Å². The highest BCUT2D eigenvalue weighted by molar-refractivity contribution is 5.82. The van der Waals surface area contributed by atoms with Crippen molar-refractivity contribution in [1.82, 2.24) is 10.3 Å². The van der Waals surface area contributed by atoms with E-state index in [4.69, 9.17) is 4.74 Å². The van der Waals surface area contributed by atoms with Crippen LogP contribution in [-0.4, -0.2) is 36.2 Å². The maximum atomic E-state index is 10.8. The maximum absolute atomic E-state index is 10.8. The van der Waals surface area contributed by atoms with E-state index >= 15 is 0 Å². The lowest BCUT2D eigenvalue weighted by Crippen LogP contribution is -2.30. The number of hydrogen-bond donors (Lipinski definition) is 1. The van der Waals surface area contributed by atoms with Crippen LogP contribution in [0.1, 0.15) is 5.56 Å². The highest BCUT2D eigenvalue weighted by Gasteiger charge is 2.08. The number of benzene rings is 2. The van der Waals surface area contributed by atoms with E-state index in [2.05, 4.69) is 16.4 Å². The largest absolute Gasteiger partial charge is 0.379 e. The molecular formula is C20H21N3O3. The van der Waals surface area contributed by atoms with Crippen LogP contribution in [-0.2, 0) is 4.74 Å². The minimum absolute atomic E-state index is 0.0771. The molecule has 0 amide bonds. The zero-order valence-electron chi connectivity index (χ0n) is 14.6. The lowest BCUT2D eigenvalue weighted by atomic mass is 10.1. The normalized spacial score (nSPS) is 13.7. The van der Waals surface area contributed by atoms with Crippen molar-refractivity contribution >= 4 is 16.6 Å². The molecule has 3 aromatic rings. The van der Waals surface area contributed by atoms with E-state index in [9.17, 15) is 10.1 Å². The number of nitrogens with one attached hydrogen (secondary N) is 1. The first-order chi connectivity index (χ1) is 12.6. The van der Waals surface area contributed by atoms with Crippen LogP contribution in [0, 0.1) is 17.0 Å². The van der Waals surface area contributed by atoms with E-state index < -0.39 is 4.92 Å². The third kappa shape index (κ3) is 4.62. The fourth-order valence-electron chi connectivity index (χ4n) is 2.70. The van der Waals surface area contributed by atoms with E-state index in [1.54, 1.807) is 12.1 Å². The standard InChI is InChI=1S/C16H12N2O2.C4H9NO/c1-11-5-7-15-13(9-11)6-8-16(17-15)12-3-2-4-14(10-12)18(19)20;1-3-6-4-2-5-1/h2-10H,1H3;5H,1-4H2. The minimum Gasteiger partial charge on any atom is -0.379 e. The smallest absolute Gasteiger partial charge is 0.270 e. The quantitative estimate of drug-likeness (QED) is 0.562. The number of nitro benzene ring substituents is 1. The zero-order chi connectivity index (χ0) is 18.4. The summed E-state index contributed by atoms with van der Waals surface area (Å²) in [6.45, 7) is 5.87. The Morgan fingerprint density at radius 2 is 1.88 bits per heavy atom. The zero-order valence-corrected chi connectivity index (χ0v) is 14.6. The molecule has 0 radical (unpaired) electrons. The number of fused-ring (bicyclic) bond motifs is 1. The van der Waals surface area contributed by atoms with Gasteiger partial charge in [-0.15, -0.1) is 0 Å². The lowest BCUT2D eigenvalue weighted by Gasteiger charge is -2.10. The van der Waals surface area contributed by atoms with Crippen LogP contribution < -0.4 is 5.32 Å². The van der Waals surface area contributed by atoms with Gasteiger partial charge in [-0.3, -0.25) is 10.1 Å². The van der Waals surface area contributed by atoms with Gasteiger partial charge in [0.25, 0.3) is 5.69 Å². The highest BCUT2D eigenvalue weighted by atomic mass is 16.6. The average Bonchev–Trinajstić information content (AvgIpc) is 2.69. The van der Waals surface area contributed by atoms with Gasteiger partial charge in [0.05, 0.1) is 29.3 Å². The van der Waals surface area contributed by atoms with Crippen LogP contribution in [0.15, 0.2) is 54.6 Å². The predicted octanol–water partition coefficient (Wildman–Crippen LogP) is 3.72. The molecule has 1 N–H and O–H groups in total. The topological polar surface area (TPSA) is 77.3 Å². The van der Waals surface area contributed by atoms with Crippen molar-refractivity contribution in [2.24, 2.45) is 0 Å². The van der Waals surface area contributed by atoms with Crippen molar-refractivity contribution in [3.05, 3.63) is 70.3 Å². The number of nitrogens with zero attached hydrogens (tertiary/aromatic N) is 2. The predicted molar refractivity (Wildman–Crippen MR) is 102 cm³/mol. The molecule has 1 aliphatic rings. The van der Waals surface area contributed by atoms with Crippen molar-refractivity contribution in [3.63, 3.8) is 0 Å². The van der Waals surface area contributed by atoms with Crippen LogP contribution in [0.3, 0.4) is 0 Å². The molecular weight excluding hydrogens is 330 g/mol. The SMILES string of the molecule is C1COCCN1.Cc1ccc2nc(-c3cccc([N+](=O)[O-])c3)ccc2c1. The van der Waals surface area contributed by atoms with Gasteiger partial charge < -0.3 is 10.1 Å². The Morgan fingerprint density at radius 1 is 1.08 bits per heavy atom. The number of non-ortho nitro benzene ring substituents is 1. The van der Waals surface area contributed by atoms with Gasteiger partial charge in [-0.1, -0.05) is 29.8 Å². The number of morpholine rings is 1. The van der Waals surface area contributed by atoms with Crippen molar-refractivity contribution in [3.8, 4) is 11.3 Å². The molecule has 134 valence electrons. The molecule has 0 spiro atoms. The number of nitro groups is 1. The van der Waals surface area contributed by atoms with E-state index in [0.717, 1.165) is 48.5 Å². The number of ether oxygens (including phenoxy) is 1. The third-order valence-corrected chi connectivity index (χ3v) is 4.04. The van der Waals surface area contributed by atoms with Gasteiger partial charge in [-0.2, -0.15) is 0 Å². The lowest BCUT2D eigenvalue weighted by molar-refractivity contribution is -0.384. The summed E-state index contributed by atoms with van der Waals surface area (Å²) in [7, 11) is 0. The van der Waals surface area contributed by atoms with Crippen molar-refractivity contribution in [2.75, 3.05) is 26.3 Å². The van der Waals surface area contributed by atoms with Gasteiger partial charge >= 0.3 is 0 Å². The van der Waals surface area contributed by atoms with Crippen LogP contribution in [0.4, 0.5) is 5.69 Å². The Kier molecular flexibility index (Phi) is 5.88. The molecule has 1 fully saturated rings. The van der Waals surface area contributed by atoms with Gasteiger partial charge in [0.1, 0.15) is 0 Å². The van der Waals surface area contributed by atoms with Crippen LogP contribution in [0.5, 0.6) is 0 Å². The van der Waals surface area contributed by atoms with Gasteiger partial charge in [0.2, 0.25) is 0 Å². The Labute approximate surface area is 152 Å². The summed E-state index contributed by atoms with van der Waals surface area (Å²) in [5.41, 5.74) is 3.64. The van der Waals surface area contributed by atoms with Gasteiger partial charge in [-0.05, 0) is 25.1 Å². The summed E-state index contributed by atoms with van der Waals surface area (Å²) in [6.07, 6.45) is 0. The van der Waals surface area contributed by atoms with Crippen molar-refractivity contribution in [1.29, 1.82) is 0 Å². The summed E-state index contributed by atoms with van der Waals surface area (Å²) in [4.78, 5) is 15.0. The molecule has 6 nitrogen and oxygen atoms in total. The Balaban J connectivity index is 0.000000278. The molecule has 2 heterocycles. The number of hydrogen-bond acceptors (Lipinski definition) is 5. The van der Waals surface area contributed by atoms with Crippen molar-refractivity contribution < 1.29 is 9.66 Å². The molecule has 4 rings (SSSR count). The highest BCUT2D eigenvalue weighted by Crippen LogP contribution is 2.24. The summed E-state index contributed by atoms with van der Waals surface area (Å²) >= 11 is 0. The van der Waals surface area contributed by atoms with Crippen LogP contribution in [0.2, 0.25) is 0 Å². The molecule has 2 aromatic carbocycles. The van der Waals surface area contributed by atoms with Gasteiger partial charge in [-0.25, -0.2) is 4.98 Å². The van der Waals surface area contributed by atoms with Crippen LogP contribution in [0.25, 0.3) is 22.2 Å². The van der Waals surface area contributed by atoms with E-state index in [1.807, 2.05) is 37.3 Å². The number of rotatable bonds is 2. The van der Waals surface area contributed by atoms with Gasteiger partial charge in [0, 0.05) is 36.2 Å². The molecule has 6 heteroatoms. The summed E-state index contributed by atoms with van der Waals surface area (Å²) < 4.78 is 5.01. The molecule has 0 bridgehead atoms. The summed E-state index contributed by atoms with van der Waals surface area (Å²) in [6, 6.07) is 16.4. The second kappa shape index (κ2) is 8.51. The second-order valence-electron chi connectivity index (χ2n) is 6.06. The first-order valence-corrected chi connectivity index (χ1v) is 8.54. The molecule has 0 unspecified atom stereocenters. The Hall–Kier alpha value is -2.83. The van der Waals surface area contributed by atoms with E-state index in [1.165, 1.54) is 11.6 Å². The first-order valence-electron chi connectivity index (χ1n) is 8.54. The molecule has 1 aromatic heterocycles. The molecule has 0 atom stereocenters. The molecule has 0 aliphatic carbocycles. The van der Waals surface area contributed by atoms with Gasteiger partial charge in [0.15, 0.2) is 0 Å².